The van der Waals surface area contributed by atoms with Gasteiger partial charge in [0.1, 0.15) is 0 Å². The summed E-state index contributed by atoms with van der Waals surface area (Å²) in [5.74, 6) is 1.41. The van der Waals surface area contributed by atoms with Crippen LogP contribution in [0.1, 0.15) is 60.3 Å². The first-order valence-corrected chi connectivity index (χ1v) is 7.74. The van der Waals surface area contributed by atoms with Crippen LogP contribution >= 0.6 is 0 Å². The third-order valence-corrected chi connectivity index (χ3v) is 5.75. The SMILES string of the molecule is CCC(CCN)CCC(=O)NCC1C(C)(C)C1(C)C. The van der Waals surface area contributed by atoms with Crippen LogP contribution in [0.5, 0.6) is 0 Å². The first-order chi connectivity index (χ1) is 8.77. The molecule has 1 atom stereocenters. The zero-order chi connectivity index (χ0) is 14.7. The number of nitrogens with one attached hydrogen (secondary N) is 1. The molecule has 3 heteroatoms. The molecule has 1 aliphatic rings. The average molecular weight is 268 g/mol. The lowest BCUT2D eigenvalue weighted by Gasteiger charge is -2.13. The Morgan fingerprint density at radius 1 is 1.21 bits per heavy atom. The Bertz CT molecular complexity index is 296. The van der Waals surface area contributed by atoms with Crippen molar-refractivity contribution in [3.05, 3.63) is 0 Å². The molecule has 0 aromatic carbocycles. The molecule has 1 aliphatic carbocycles. The van der Waals surface area contributed by atoms with E-state index in [9.17, 15) is 4.79 Å². The second-order valence-corrected chi connectivity index (χ2v) is 7.19. The van der Waals surface area contributed by atoms with E-state index >= 15 is 0 Å². The van der Waals surface area contributed by atoms with Crippen molar-refractivity contribution in [2.75, 3.05) is 13.1 Å². The summed E-state index contributed by atoms with van der Waals surface area (Å²) in [7, 11) is 0. The van der Waals surface area contributed by atoms with Crippen LogP contribution in [0.25, 0.3) is 0 Å². The summed E-state index contributed by atoms with van der Waals surface area (Å²) in [6, 6.07) is 0. The fraction of sp³-hybridized carbons (Fsp3) is 0.938. The number of nitrogens with two attached hydrogens (primary N) is 1. The number of carbonyl (C=O) groups is 1. The Morgan fingerprint density at radius 2 is 1.79 bits per heavy atom. The van der Waals surface area contributed by atoms with Gasteiger partial charge in [-0.3, -0.25) is 4.79 Å². The highest BCUT2D eigenvalue weighted by molar-refractivity contribution is 5.75. The third kappa shape index (κ3) is 3.71. The molecule has 1 fully saturated rings. The molecule has 19 heavy (non-hydrogen) atoms. The largest absolute Gasteiger partial charge is 0.356 e. The van der Waals surface area contributed by atoms with Crippen LogP contribution in [0.2, 0.25) is 0 Å². The average Bonchev–Trinajstić information content (AvgIpc) is 2.72. The van der Waals surface area contributed by atoms with Crippen LogP contribution in [0, 0.1) is 22.7 Å². The smallest absolute Gasteiger partial charge is 0.220 e. The van der Waals surface area contributed by atoms with Gasteiger partial charge < -0.3 is 11.1 Å². The number of hydrogen-bond acceptors (Lipinski definition) is 2. The molecule has 0 aliphatic heterocycles. The van der Waals surface area contributed by atoms with Crippen molar-refractivity contribution < 1.29 is 4.79 Å². The molecule has 0 aromatic heterocycles. The van der Waals surface area contributed by atoms with Crippen LogP contribution in [0.3, 0.4) is 0 Å². The number of amides is 1. The molecule has 0 aromatic rings. The summed E-state index contributed by atoms with van der Waals surface area (Å²) in [6.07, 6.45) is 3.77. The first-order valence-electron chi connectivity index (χ1n) is 7.74. The standard InChI is InChI=1S/C16H32N2O/c1-6-12(9-10-17)7-8-14(19)18-11-13-15(2,3)16(13,4)5/h12-13H,6-11,17H2,1-5H3,(H,18,19). The minimum absolute atomic E-state index is 0.203. The molecule has 3 N–H and O–H groups in total. The van der Waals surface area contributed by atoms with Crippen LogP contribution in [0.15, 0.2) is 0 Å². The van der Waals surface area contributed by atoms with E-state index in [1.54, 1.807) is 0 Å². The van der Waals surface area contributed by atoms with Crippen molar-refractivity contribution in [2.45, 2.75) is 60.3 Å². The van der Waals surface area contributed by atoms with E-state index in [2.05, 4.69) is 39.9 Å². The van der Waals surface area contributed by atoms with Crippen LogP contribution in [-0.4, -0.2) is 19.0 Å². The summed E-state index contributed by atoms with van der Waals surface area (Å²) in [4.78, 5) is 11.9. The summed E-state index contributed by atoms with van der Waals surface area (Å²) in [6.45, 7) is 12.9. The van der Waals surface area contributed by atoms with Crippen molar-refractivity contribution >= 4 is 5.91 Å². The molecule has 0 spiro atoms. The molecule has 0 radical (unpaired) electrons. The second-order valence-electron chi connectivity index (χ2n) is 7.19. The molecule has 3 nitrogen and oxygen atoms in total. The summed E-state index contributed by atoms with van der Waals surface area (Å²) in [5.41, 5.74) is 6.28. The molecule has 0 saturated heterocycles. The van der Waals surface area contributed by atoms with Crippen molar-refractivity contribution in [2.24, 2.45) is 28.4 Å². The van der Waals surface area contributed by atoms with E-state index in [-0.39, 0.29) is 5.91 Å². The molecule has 0 heterocycles. The molecule has 0 bridgehead atoms. The van der Waals surface area contributed by atoms with Gasteiger partial charge in [0.15, 0.2) is 0 Å². The molecule has 1 rings (SSSR count). The van der Waals surface area contributed by atoms with E-state index in [1.165, 1.54) is 0 Å². The minimum Gasteiger partial charge on any atom is -0.356 e. The van der Waals surface area contributed by atoms with Gasteiger partial charge in [0.2, 0.25) is 5.91 Å². The lowest BCUT2D eigenvalue weighted by molar-refractivity contribution is -0.121. The van der Waals surface area contributed by atoms with Crippen molar-refractivity contribution in [3.8, 4) is 0 Å². The highest BCUT2D eigenvalue weighted by atomic mass is 16.1. The fourth-order valence-electron chi connectivity index (χ4n) is 3.27. The summed E-state index contributed by atoms with van der Waals surface area (Å²) >= 11 is 0. The predicted octanol–water partition coefficient (Wildman–Crippen LogP) is 2.94. The number of carbonyl (C=O) groups excluding carboxylic acids is 1. The van der Waals surface area contributed by atoms with Crippen LogP contribution in [0.4, 0.5) is 0 Å². The van der Waals surface area contributed by atoms with Gasteiger partial charge in [0.25, 0.3) is 0 Å². The van der Waals surface area contributed by atoms with E-state index in [1.807, 2.05) is 0 Å². The van der Waals surface area contributed by atoms with Crippen LogP contribution < -0.4 is 11.1 Å². The summed E-state index contributed by atoms with van der Waals surface area (Å²) < 4.78 is 0. The first kappa shape index (κ1) is 16.5. The Kier molecular flexibility index (Phi) is 5.43. The predicted molar refractivity (Wildman–Crippen MR) is 80.7 cm³/mol. The van der Waals surface area contributed by atoms with Gasteiger partial charge in [-0.1, -0.05) is 41.0 Å². The van der Waals surface area contributed by atoms with E-state index < -0.39 is 0 Å². The second kappa shape index (κ2) is 6.25. The topological polar surface area (TPSA) is 55.1 Å². The maximum absolute atomic E-state index is 11.9. The monoisotopic (exact) mass is 268 g/mol. The van der Waals surface area contributed by atoms with Gasteiger partial charge in [0, 0.05) is 13.0 Å². The van der Waals surface area contributed by atoms with Gasteiger partial charge in [-0.2, -0.15) is 0 Å². The minimum atomic E-state index is 0.203. The molecule has 1 unspecified atom stereocenters. The highest BCUT2D eigenvalue weighted by Gasteiger charge is 2.64. The van der Waals surface area contributed by atoms with Crippen LogP contribution in [-0.2, 0) is 4.79 Å². The zero-order valence-electron chi connectivity index (χ0n) is 13.4. The Labute approximate surface area is 118 Å². The van der Waals surface area contributed by atoms with E-state index in [0.29, 0.717) is 29.1 Å². The molecular weight excluding hydrogens is 236 g/mol. The van der Waals surface area contributed by atoms with Gasteiger partial charge in [-0.05, 0) is 42.1 Å². The zero-order valence-corrected chi connectivity index (χ0v) is 13.4. The third-order valence-electron chi connectivity index (χ3n) is 5.75. The van der Waals surface area contributed by atoms with Gasteiger partial charge in [0.05, 0.1) is 0 Å². The molecular formula is C16H32N2O. The van der Waals surface area contributed by atoms with Gasteiger partial charge in [-0.15, -0.1) is 0 Å². The molecule has 112 valence electrons. The lowest BCUT2D eigenvalue weighted by Crippen LogP contribution is -2.27. The van der Waals surface area contributed by atoms with Gasteiger partial charge >= 0.3 is 0 Å². The van der Waals surface area contributed by atoms with Crippen molar-refractivity contribution in [1.29, 1.82) is 0 Å². The molecule has 1 saturated carbocycles. The normalized spacial score (nSPS) is 22.0. The van der Waals surface area contributed by atoms with E-state index in [4.69, 9.17) is 5.73 Å². The van der Waals surface area contributed by atoms with E-state index in [0.717, 1.165) is 32.4 Å². The number of rotatable bonds is 8. The van der Waals surface area contributed by atoms with Crippen molar-refractivity contribution in [3.63, 3.8) is 0 Å². The lowest BCUT2D eigenvalue weighted by atomic mass is 9.96. The summed E-state index contributed by atoms with van der Waals surface area (Å²) in [5, 5.41) is 3.11. The Balaban J connectivity index is 2.23. The number of hydrogen-bond donors (Lipinski definition) is 2. The maximum atomic E-state index is 11.9. The quantitative estimate of drug-likeness (QED) is 0.711. The van der Waals surface area contributed by atoms with Gasteiger partial charge in [-0.25, -0.2) is 0 Å². The Morgan fingerprint density at radius 3 is 2.21 bits per heavy atom. The Hall–Kier alpha value is -0.570. The molecule has 1 amide bonds. The maximum Gasteiger partial charge on any atom is 0.220 e. The highest BCUT2D eigenvalue weighted by Crippen LogP contribution is 2.67. The fourth-order valence-corrected chi connectivity index (χ4v) is 3.27. The van der Waals surface area contributed by atoms with Crippen molar-refractivity contribution in [1.82, 2.24) is 5.32 Å².